The molecule has 2 aliphatic heterocycles. The van der Waals surface area contributed by atoms with Crippen LogP contribution in [0.25, 0.3) is 0 Å². The van der Waals surface area contributed by atoms with Crippen molar-refractivity contribution < 1.29 is 9.59 Å². The first-order valence-electron chi connectivity index (χ1n) is 9.28. The number of carbonyl (C=O) groups excluding carboxylic acids is 2. The predicted molar refractivity (Wildman–Crippen MR) is 95.0 cm³/mol. The zero-order valence-electron chi connectivity index (χ0n) is 15.4. The Labute approximate surface area is 145 Å². The van der Waals surface area contributed by atoms with Crippen molar-refractivity contribution in [1.82, 2.24) is 25.3 Å². The molecule has 0 bridgehead atoms. The van der Waals surface area contributed by atoms with Crippen molar-refractivity contribution in [2.24, 2.45) is 0 Å². The average Bonchev–Trinajstić information content (AvgIpc) is 3.02. The molecule has 0 aromatic rings. The smallest absolute Gasteiger partial charge is 0.317 e. The second-order valence-corrected chi connectivity index (χ2v) is 7.14. The molecule has 2 aliphatic rings. The SMILES string of the molecule is CCCNC(=O)CN1CCN(C(=O)NC2CCN(C(C)C)C2)CC1. The Morgan fingerprint density at radius 1 is 1.12 bits per heavy atom. The largest absolute Gasteiger partial charge is 0.355 e. The molecule has 2 fully saturated rings. The van der Waals surface area contributed by atoms with Gasteiger partial charge in [0.15, 0.2) is 0 Å². The van der Waals surface area contributed by atoms with E-state index in [9.17, 15) is 9.59 Å². The van der Waals surface area contributed by atoms with Crippen LogP contribution in [0, 0.1) is 0 Å². The standard InChI is InChI=1S/C17H33N5O2/c1-4-6-18-16(23)13-20-8-10-21(11-9-20)17(24)19-15-5-7-22(12-15)14(2)3/h14-15H,4-13H2,1-3H3,(H,18,23)(H,19,24). The first-order valence-corrected chi connectivity index (χ1v) is 9.28. The average molecular weight is 339 g/mol. The molecule has 1 unspecified atom stereocenters. The monoisotopic (exact) mass is 339 g/mol. The van der Waals surface area contributed by atoms with E-state index in [1.54, 1.807) is 0 Å². The minimum Gasteiger partial charge on any atom is -0.355 e. The summed E-state index contributed by atoms with van der Waals surface area (Å²) < 4.78 is 0. The molecule has 1 atom stereocenters. The Morgan fingerprint density at radius 2 is 1.83 bits per heavy atom. The van der Waals surface area contributed by atoms with Crippen molar-refractivity contribution in [2.45, 2.75) is 45.7 Å². The van der Waals surface area contributed by atoms with Crippen LogP contribution >= 0.6 is 0 Å². The summed E-state index contributed by atoms with van der Waals surface area (Å²) in [7, 11) is 0. The van der Waals surface area contributed by atoms with E-state index >= 15 is 0 Å². The third-order valence-corrected chi connectivity index (χ3v) is 4.88. The number of hydrogen-bond donors (Lipinski definition) is 2. The lowest BCUT2D eigenvalue weighted by atomic mass is 10.2. The van der Waals surface area contributed by atoms with Gasteiger partial charge in [-0.3, -0.25) is 14.6 Å². The van der Waals surface area contributed by atoms with Crippen molar-refractivity contribution >= 4 is 11.9 Å². The second kappa shape index (κ2) is 9.22. The normalized spacial score (nSPS) is 22.8. The molecular weight excluding hydrogens is 306 g/mol. The van der Waals surface area contributed by atoms with E-state index in [1.807, 2.05) is 11.8 Å². The Bertz CT molecular complexity index is 421. The van der Waals surface area contributed by atoms with Crippen molar-refractivity contribution in [2.75, 3.05) is 52.4 Å². The minimum absolute atomic E-state index is 0.0423. The van der Waals surface area contributed by atoms with Crippen LogP contribution in [0.3, 0.4) is 0 Å². The van der Waals surface area contributed by atoms with E-state index in [0.717, 1.165) is 45.6 Å². The van der Waals surface area contributed by atoms with Gasteiger partial charge in [-0.1, -0.05) is 6.92 Å². The fourth-order valence-corrected chi connectivity index (χ4v) is 3.27. The number of nitrogens with one attached hydrogen (secondary N) is 2. The summed E-state index contributed by atoms with van der Waals surface area (Å²) in [5.74, 6) is 0.0782. The van der Waals surface area contributed by atoms with E-state index in [0.29, 0.717) is 25.7 Å². The molecule has 0 aliphatic carbocycles. The van der Waals surface area contributed by atoms with Crippen LogP contribution in [-0.2, 0) is 4.79 Å². The minimum atomic E-state index is 0.0423. The summed E-state index contributed by atoms with van der Waals surface area (Å²) in [5, 5.41) is 6.06. The number of piperazine rings is 1. The molecular formula is C17H33N5O2. The molecule has 0 aromatic carbocycles. The van der Waals surface area contributed by atoms with Crippen LogP contribution in [0.5, 0.6) is 0 Å². The van der Waals surface area contributed by atoms with Crippen LogP contribution in [0.2, 0.25) is 0 Å². The molecule has 138 valence electrons. The van der Waals surface area contributed by atoms with E-state index in [2.05, 4.69) is 34.3 Å². The van der Waals surface area contributed by atoms with E-state index in [-0.39, 0.29) is 18.0 Å². The lowest BCUT2D eigenvalue weighted by Crippen LogP contribution is -2.55. The van der Waals surface area contributed by atoms with Gasteiger partial charge in [-0.05, 0) is 26.7 Å². The zero-order valence-corrected chi connectivity index (χ0v) is 15.4. The Balaban J connectivity index is 1.66. The Kier molecular flexibility index (Phi) is 7.30. The van der Waals surface area contributed by atoms with Gasteiger partial charge >= 0.3 is 6.03 Å². The molecule has 0 radical (unpaired) electrons. The molecule has 0 saturated carbocycles. The van der Waals surface area contributed by atoms with E-state index < -0.39 is 0 Å². The lowest BCUT2D eigenvalue weighted by Gasteiger charge is -2.35. The van der Waals surface area contributed by atoms with E-state index in [1.165, 1.54) is 0 Å². The van der Waals surface area contributed by atoms with Crippen LogP contribution < -0.4 is 10.6 Å². The van der Waals surface area contributed by atoms with Gasteiger partial charge in [0.1, 0.15) is 0 Å². The number of nitrogens with zero attached hydrogens (tertiary/aromatic N) is 3. The zero-order chi connectivity index (χ0) is 17.5. The van der Waals surface area contributed by atoms with Gasteiger partial charge in [0.25, 0.3) is 0 Å². The van der Waals surface area contributed by atoms with Gasteiger partial charge < -0.3 is 15.5 Å². The summed E-state index contributed by atoms with van der Waals surface area (Å²) in [5.41, 5.74) is 0. The number of rotatable bonds is 6. The Hall–Kier alpha value is -1.34. The molecule has 2 heterocycles. The summed E-state index contributed by atoms with van der Waals surface area (Å²) in [6.45, 7) is 12.5. The van der Waals surface area contributed by atoms with Gasteiger partial charge in [-0.15, -0.1) is 0 Å². The molecule has 7 nitrogen and oxygen atoms in total. The van der Waals surface area contributed by atoms with Crippen LogP contribution in [0.4, 0.5) is 4.79 Å². The van der Waals surface area contributed by atoms with Crippen molar-refractivity contribution in [3.63, 3.8) is 0 Å². The summed E-state index contributed by atoms with van der Waals surface area (Å²) in [6.07, 6.45) is 1.98. The molecule has 2 N–H and O–H groups in total. The highest BCUT2D eigenvalue weighted by molar-refractivity contribution is 5.78. The Morgan fingerprint density at radius 3 is 2.42 bits per heavy atom. The first-order chi connectivity index (χ1) is 11.5. The molecule has 0 spiro atoms. The topological polar surface area (TPSA) is 67.9 Å². The number of likely N-dealkylation sites (tertiary alicyclic amines) is 1. The maximum absolute atomic E-state index is 12.4. The summed E-state index contributed by atoms with van der Waals surface area (Å²) in [4.78, 5) is 30.5. The highest BCUT2D eigenvalue weighted by atomic mass is 16.2. The molecule has 3 amide bonds. The van der Waals surface area contributed by atoms with Crippen LogP contribution in [0.15, 0.2) is 0 Å². The highest BCUT2D eigenvalue weighted by Gasteiger charge is 2.28. The van der Waals surface area contributed by atoms with Gasteiger partial charge in [-0.2, -0.15) is 0 Å². The van der Waals surface area contributed by atoms with Gasteiger partial charge in [-0.25, -0.2) is 4.79 Å². The van der Waals surface area contributed by atoms with E-state index in [4.69, 9.17) is 0 Å². The predicted octanol–water partition coefficient (Wildman–Crippen LogP) is 0.323. The molecule has 7 heteroatoms. The first kappa shape index (κ1) is 19.0. The summed E-state index contributed by atoms with van der Waals surface area (Å²) >= 11 is 0. The highest BCUT2D eigenvalue weighted by Crippen LogP contribution is 2.13. The fraction of sp³-hybridized carbons (Fsp3) is 0.882. The van der Waals surface area contributed by atoms with Gasteiger partial charge in [0, 0.05) is 57.9 Å². The number of hydrogen-bond acceptors (Lipinski definition) is 4. The van der Waals surface area contributed by atoms with Crippen molar-refractivity contribution in [3.8, 4) is 0 Å². The van der Waals surface area contributed by atoms with Crippen molar-refractivity contribution in [3.05, 3.63) is 0 Å². The number of carbonyl (C=O) groups is 2. The lowest BCUT2D eigenvalue weighted by molar-refractivity contribution is -0.122. The van der Waals surface area contributed by atoms with Crippen LogP contribution in [0.1, 0.15) is 33.6 Å². The second-order valence-electron chi connectivity index (χ2n) is 7.14. The van der Waals surface area contributed by atoms with Crippen molar-refractivity contribution in [1.29, 1.82) is 0 Å². The fourth-order valence-electron chi connectivity index (χ4n) is 3.27. The summed E-state index contributed by atoms with van der Waals surface area (Å²) in [6, 6.07) is 0.841. The molecule has 0 aromatic heterocycles. The maximum atomic E-state index is 12.4. The number of amides is 3. The third-order valence-electron chi connectivity index (χ3n) is 4.88. The maximum Gasteiger partial charge on any atom is 0.317 e. The van der Waals surface area contributed by atoms with Gasteiger partial charge in [0.2, 0.25) is 5.91 Å². The third kappa shape index (κ3) is 5.63. The molecule has 2 saturated heterocycles. The van der Waals surface area contributed by atoms with Gasteiger partial charge in [0.05, 0.1) is 6.54 Å². The molecule has 2 rings (SSSR count). The number of urea groups is 1. The van der Waals surface area contributed by atoms with Crippen LogP contribution in [-0.4, -0.2) is 91.1 Å². The quantitative estimate of drug-likeness (QED) is 0.731. The molecule has 24 heavy (non-hydrogen) atoms.